The van der Waals surface area contributed by atoms with Gasteiger partial charge in [0, 0.05) is 25.7 Å². The van der Waals surface area contributed by atoms with Crippen LogP contribution in [-0.4, -0.2) is 24.0 Å². The van der Waals surface area contributed by atoms with E-state index in [1.54, 1.807) is 0 Å². The van der Waals surface area contributed by atoms with E-state index in [1.807, 2.05) is 0 Å². The van der Waals surface area contributed by atoms with E-state index in [0.29, 0.717) is 6.04 Å². The van der Waals surface area contributed by atoms with Crippen LogP contribution in [0.25, 0.3) is 0 Å². The zero-order valence-electron chi connectivity index (χ0n) is 12.0. The lowest BCUT2D eigenvalue weighted by molar-refractivity contribution is 0.141. The largest absolute Gasteiger partial charge is 0.327 e. The molecule has 2 nitrogen and oxygen atoms in total. The molecule has 19 heavy (non-hydrogen) atoms. The molecule has 0 amide bonds. The maximum absolute atomic E-state index is 6.25. The van der Waals surface area contributed by atoms with Crippen LogP contribution >= 0.6 is 0 Å². The summed E-state index contributed by atoms with van der Waals surface area (Å²) in [7, 11) is 0. The molecule has 1 saturated heterocycles. The molecular weight excluding hydrogens is 232 g/mol. The quantitative estimate of drug-likeness (QED) is 0.899. The Bertz CT molecular complexity index is 406. The van der Waals surface area contributed by atoms with Gasteiger partial charge in [-0.25, -0.2) is 0 Å². The maximum atomic E-state index is 6.25. The molecule has 104 valence electrons. The first-order chi connectivity index (χ1) is 9.19. The Morgan fingerprint density at radius 3 is 2.53 bits per heavy atom. The number of hydrogen-bond acceptors (Lipinski definition) is 2. The first-order valence-electron chi connectivity index (χ1n) is 7.72. The topological polar surface area (TPSA) is 29.3 Å². The summed E-state index contributed by atoms with van der Waals surface area (Å²) in [5.74, 6) is 1.86. The molecule has 2 N–H and O–H groups in total. The molecule has 1 aliphatic carbocycles. The summed E-state index contributed by atoms with van der Waals surface area (Å²) in [6, 6.07) is 9.31. The van der Waals surface area contributed by atoms with E-state index in [0.717, 1.165) is 24.9 Å². The van der Waals surface area contributed by atoms with Gasteiger partial charge in [-0.2, -0.15) is 0 Å². The van der Waals surface area contributed by atoms with Gasteiger partial charge in [0.2, 0.25) is 0 Å². The van der Waals surface area contributed by atoms with Gasteiger partial charge < -0.3 is 5.73 Å². The molecule has 2 heteroatoms. The molecule has 2 fully saturated rings. The molecule has 1 saturated carbocycles. The standard InChI is InChI=1S/C17H26N2/c1-13-2-4-15(5-3-13)10-19-11-16(8-14-6-7-14)9-17(18)12-19/h2-5,14,16-17H,6-12,18H2,1H3. The molecular formula is C17H26N2. The van der Waals surface area contributed by atoms with Gasteiger partial charge in [0.1, 0.15) is 0 Å². The van der Waals surface area contributed by atoms with Crippen molar-refractivity contribution in [2.45, 2.75) is 45.2 Å². The van der Waals surface area contributed by atoms with E-state index in [2.05, 4.69) is 36.1 Å². The lowest BCUT2D eigenvalue weighted by atomic mass is 9.90. The Balaban J connectivity index is 1.57. The van der Waals surface area contributed by atoms with E-state index < -0.39 is 0 Å². The van der Waals surface area contributed by atoms with Crippen molar-refractivity contribution in [2.75, 3.05) is 13.1 Å². The van der Waals surface area contributed by atoms with Gasteiger partial charge in [-0.3, -0.25) is 4.90 Å². The third kappa shape index (κ3) is 3.80. The van der Waals surface area contributed by atoms with Crippen LogP contribution < -0.4 is 5.73 Å². The van der Waals surface area contributed by atoms with E-state index in [9.17, 15) is 0 Å². The Morgan fingerprint density at radius 1 is 1.11 bits per heavy atom. The Morgan fingerprint density at radius 2 is 1.84 bits per heavy atom. The third-order valence-electron chi connectivity index (χ3n) is 4.54. The van der Waals surface area contributed by atoms with E-state index in [-0.39, 0.29) is 0 Å². The maximum Gasteiger partial charge on any atom is 0.0234 e. The highest BCUT2D eigenvalue weighted by molar-refractivity contribution is 5.21. The first-order valence-corrected chi connectivity index (χ1v) is 7.72. The second kappa shape index (κ2) is 5.64. The zero-order chi connectivity index (χ0) is 13.2. The van der Waals surface area contributed by atoms with Crippen LogP contribution in [-0.2, 0) is 6.54 Å². The summed E-state index contributed by atoms with van der Waals surface area (Å²) >= 11 is 0. The predicted molar refractivity (Wildman–Crippen MR) is 79.9 cm³/mol. The molecule has 1 aliphatic heterocycles. The minimum Gasteiger partial charge on any atom is -0.327 e. The van der Waals surface area contributed by atoms with Crippen molar-refractivity contribution >= 4 is 0 Å². The van der Waals surface area contributed by atoms with Crippen molar-refractivity contribution < 1.29 is 0 Å². The normalized spacial score (nSPS) is 28.5. The summed E-state index contributed by atoms with van der Waals surface area (Å²) in [6.45, 7) is 5.52. The van der Waals surface area contributed by atoms with Crippen LogP contribution in [0.1, 0.15) is 36.8 Å². The molecule has 0 radical (unpaired) electrons. The predicted octanol–water partition coefficient (Wildman–Crippen LogP) is 2.94. The van der Waals surface area contributed by atoms with Crippen LogP contribution in [0.15, 0.2) is 24.3 Å². The molecule has 0 bridgehead atoms. The number of benzene rings is 1. The van der Waals surface area contributed by atoms with Gasteiger partial charge in [0.05, 0.1) is 0 Å². The van der Waals surface area contributed by atoms with Gasteiger partial charge >= 0.3 is 0 Å². The zero-order valence-corrected chi connectivity index (χ0v) is 12.0. The SMILES string of the molecule is Cc1ccc(CN2CC(N)CC(CC3CC3)C2)cc1. The van der Waals surface area contributed by atoms with Crippen LogP contribution in [0.4, 0.5) is 0 Å². The minimum absolute atomic E-state index is 0.378. The fraction of sp³-hybridized carbons (Fsp3) is 0.647. The highest BCUT2D eigenvalue weighted by atomic mass is 15.1. The van der Waals surface area contributed by atoms with Gasteiger partial charge in [-0.05, 0) is 37.2 Å². The highest BCUT2D eigenvalue weighted by Gasteiger charge is 2.30. The Labute approximate surface area is 117 Å². The number of likely N-dealkylation sites (tertiary alicyclic amines) is 1. The average Bonchev–Trinajstić information content (AvgIpc) is 3.15. The summed E-state index contributed by atoms with van der Waals surface area (Å²) in [5, 5.41) is 0. The second-order valence-electron chi connectivity index (χ2n) is 6.72. The van der Waals surface area contributed by atoms with E-state index >= 15 is 0 Å². The lowest BCUT2D eigenvalue weighted by Gasteiger charge is -2.36. The fourth-order valence-corrected chi connectivity index (χ4v) is 3.43. The van der Waals surface area contributed by atoms with Gasteiger partial charge in [0.25, 0.3) is 0 Å². The van der Waals surface area contributed by atoms with Crippen molar-refractivity contribution in [1.29, 1.82) is 0 Å². The lowest BCUT2D eigenvalue weighted by Crippen LogP contribution is -2.46. The molecule has 2 unspecified atom stereocenters. The number of hydrogen-bond donors (Lipinski definition) is 1. The molecule has 1 heterocycles. The van der Waals surface area contributed by atoms with Gasteiger partial charge in [-0.15, -0.1) is 0 Å². The van der Waals surface area contributed by atoms with E-state index in [1.165, 1.54) is 43.4 Å². The second-order valence-corrected chi connectivity index (χ2v) is 6.72. The van der Waals surface area contributed by atoms with Crippen LogP contribution in [0.2, 0.25) is 0 Å². The molecule has 0 spiro atoms. The van der Waals surface area contributed by atoms with Crippen LogP contribution in [0, 0.1) is 18.8 Å². The molecule has 0 aromatic heterocycles. The molecule has 2 aliphatic rings. The Hall–Kier alpha value is -0.860. The third-order valence-corrected chi connectivity index (χ3v) is 4.54. The summed E-state index contributed by atoms with van der Waals surface area (Å²) in [6.07, 6.45) is 5.58. The van der Waals surface area contributed by atoms with Gasteiger partial charge in [-0.1, -0.05) is 42.7 Å². The minimum atomic E-state index is 0.378. The number of aryl methyl sites for hydroxylation is 1. The van der Waals surface area contributed by atoms with Crippen molar-refractivity contribution in [2.24, 2.45) is 17.6 Å². The Kier molecular flexibility index (Phi) is 3.90. The smallest absolute Gasteiger partial charge is 0.0234 e. The van der Waals surface area contributed by atoms with Crippen molar-refractivity contribution in [3.05, 3.63) is 35.4 Å². The van der Waals surface area contributed by atoms with Crippen LogP contribution in [0.3, 0.4) is 0 Å². The monoisotopic (exact) mass is 258 g/mol. The van der Waals surface area contributed by atoms with Gasteiger partial charge in [0.15, 0.2) is 0 Å². The van der Waals surface area contributed by atoms with E-state index in [4.69, 9.17) is 5.73 Å². The summed E-state index contributed by atoms with van der Waals surface area (Å²) < 4.78 is 0. The van der Waals surface area contributed by atoms with Crippen molar-refractivity contribution in [3.8, 4) is 0 Å². The fourth-order valence-electron chi connectivity index (χ4n) is 3.43. The van der Waals surface area contributed by atoms with Crippen molar-refractivity contribution in [1.82, 2.24) is 4.90 Å². The molecule has 1 aromatic rings. The number of piperidine rings is 1. The highest BCUT2D eigenvalue weighted by Crippen LogP contribution is 2.37. The number of rotatable bonds is 4. The van der Waals surface area contributed by atoms with Crippen molar-refractivity contribution in [3.63, 3.8) is 0 Å². The number of nitrogens with zero attached hydrogens (tertiary/aromatic N) is 1. The summed E-state index contributed by atoms with van der Waals surface area (Å²) in [4.78, 5) is 2.56. The van der Waals surface area contributed by atoms with Crippen LogP contribution in [0.5, 0.6) is 0 Å². The molecule has 2 atom stereocenters. The summed E-state index contributed by atoms with van der Waals surface area (Å²) in [5.41, 5.74) is 9.01. The number of nitrogens with two attached hydrogens (primary N) is 1. The first kappa shape index (κ1) is 13.1. The molecule has 1 aromatic carbocycles. The molecule has 3 rings (SSSR count). The average molecular weight is 258 g/mol.